The van der Waals surface area contributed by atoms with E-state index in [9.17, 15) is 9.18 Å². The van der Waals surface area contributed by atoms with Crippen molar-refractivity contribution in [2.45, 2.75) is 12.5 Å². The highest BCUT2D eigenvalue weighted by Gasteiger charge is 2.27. The first kappa shape index (κ1) is 20.9. The Bertz CT molecular complexity index is 1090. The topological polar surface area (TPSA) is 79.4 Å². The molecular formula is C23H24FN5O2. The molecule has 0 spiro atoms. The molecule has 7 nitrogen and oxygen atoms in total. The standard InChI is InChI=1S/C23H24FN5O2/c1-31-14-20-8-10-29(20)11-9-22(27-18-4-2-17(24)3-5-18)23(30)28-19-6-7-21-16(12-19)13-25-15-26-21/h2-7,9,12-13,15,20,27H,8,10-11,14H2,1H3,(H,28,30)/t20-/m0/s1. The molecule has 2 aromatic carbocycles. The lowest BCUT2D eigenvalue weighted by Crippen LogP contribution is -2.50. The summed E-state index contributed by atoms with van der Waals surface area (Å²) in [6, 6.07) is 11.7. The fourth-order valence-electron chi connectivity index (χ4n) is 3.47. The van der Waals surface area contributed by atoms with E-state index < -0.39 is 0 Å². The summed E-state index contributed by atoms with van der Waals surface area (Å²) < 4.78 is 18.5. The molecule has 160 valence electrons. The number of carbonyl (C=O) groups is 1. The van der Waals surface area contributed by atoms with Crippen LogP contribution in [-0.2, 0) is 9.53 Å². The van der Waals surface area contributed by atoms with Gasteiger partial charge in [-0.15, -0.1) is 0 Å². The summed E-state index contributed by atoms with van der Waals surface area (Å²) in [7, 11) is 1.69. The van der Waals surface area contributed by atoms with Crippen LogP contribution >= 0.6 is 0 Å². The maximum atomic E-state index is 13.3. The Balaban J connectivity index is 1.52. The molecule has 1 aromatic heterocycles. The van der Waals surface area contributed by atoms with Gasteiger partial charge in [0.2, 0.25) is 0 Å². The molecule has 2 N–H and O–H groups in total. The lowest BCUT2D eigenvalue weighted by atomic mass is 10.0. The number of hydrogen-bond donors (Lipinski definition) is 2. The van der Waals surface area contributed by atoms with E-state index in [4.69, 9.17) is 4.74 Å². The van der Waals surface area contributed by atoms with Crippen molar-refractivity contribution in [1.82, 2.24) is 14.9 Å². The van der Waals surface area contributed by atoms with Gasteiger partial charge < -0.3 is 15.4 Å². The van der Waals surface area contributed by atoms with Crippen LogP contribution in [0, 0.1) is 5.82 Å². The second-order valence-corrected chi connectivity index (χ2v) is 7.39. The van der Waals surface area contributed by atoms with Crippen molar-refractivity contribution in [1.29, 1.82) is 0 Å². The van der Waals surface area contributed by atoms with Gasteiger partial charge in [0.05, 0.1) is 12.1 Å². The Hall–Kier alpha value is -3.36. The zero-order valence-corrected chi connectivity index (χ0v) is 17.2. The van der Waals surface area contributed by atoms with E-state index in [1.807, 2.05) is 18.2 Å². The van der Waals surface area contributed by atoms with Crippen LogP contribution in [0.2, 0.25) is 0 Å². The molecule has 0 saturated carbocycles. The van der Waals surface area contributed by atoms with Crippen LogP contribution in [0.15, 0.2) is 66.8 Å². The van der Waals surface area contributed by atoms with E-state index in [1.165, 1.54) is 18.5 Å². The van der Waals surface area contributed by atoms with Gasteiger partial charge in [0.15, 0.2) is 0 Å². The minimum absolute atomic E-state index is 0.288. The van der Waals surface area contributed by atoms with E-state index in [0.29, 0.717) is 36.3 Å². The molecular weight excluding hydrogens is 397 g/mol. The highest BCUT2D eigenvalue weighted by molar-refractivity contribution is 6.06. The predicted molar refractivity (Wildman–Crippen MR) is 118 cm³/mol. The molecule has 1 fully saturated rings. The summed E-state index contributed by atoms with van der Waals surface area (Å²) in [5.41, 5.74) is 2.46. The molecule has 31 heavy (non-hydrogen) atoms. The van der Waals surface area contributed by atoms with E-state index >= 15 is 0 Å². The second kappa shape index (κ2) is 9.63. The van der Waals surface area contributed by atoms with E-state index in [-0.39, 0.29) is 11.7 Å². The van der Waals surface area contributed by atoms with Crippen LogP contribution in [-0.4, -0.2) is 53.6 Å². The number of aromatic nitrogens is 2. The van der Waals surface area contributed by atoms with E-state index in [1.54, 1.807) is 31.5 Å². The zero-order valence-electron chi connectivity index (χ0n) is 17.2. The lowest BCUT2D eigenvalue weighted by molar-refractivity contribution is -0.112. The number of anilines is 2. The molecule has 1 aliphatic rings. The van der Waals surface area contributed by atoms with Gasteiger partial charge in [-0.3, -0.25) is 9.69 Å². The predicted octanol–water partition coefficient (Wildman–Crippen LogP) is 3.42. The molecule has 0 unspecified atom stereocenters. The number of amides is 1. The number of hydrogen-bond acceptors (Lipinski definition) is 6. The number of carbonyl (C=O) groups excluding carboxylic acids is 1. The maximum absolute atomic E-state index is 13.3. The first-order valence-corrected chi connectivity index (χ1v) is 10.1. The average molecular weight is 421 g/mol. The van der Waals surface area contributed by atoms with Crippen LogP contribution in [0.4, 0.5) is 15.8 Å². The summed E-state index contributed by atoms with van der Waals surface area (Å²) >= 11 is 0. The average Bonchev–Trinajstić information content (AvgIpc) is 2.77. The van der Waals surface area contributed by atoms with Crippen molar-refractivity contribution < 1.29 is 13.9 Å². The maximum Gasteiger partial charge on any atom is 0.271 e. The molecule has 0 aliphatic carbocycles. The number of likely N-dealkylation sites (tertiary alicyclic amines) is 1. The summed E-state index contributed by atoms with van der Waals surface area (Å²) in [4.78, 5) is 23.5. The molecule has 1 aliphatic heterocycles. The summed E-state index contributed by atoms with van der Waals surface area (Å²) in [5.74, 6) is -0.619. The number of nitrogens with one attached hydrogen (secondary N) is 2. The molecule has 0 bridgehead atoms. The van der Waals surface area contributed by atoms with Crippen LogP contribution in [0.1, 0.15) is 6.42 Å². The van der Waals surface area contributed by atoms with Crippen molar-refractivity contribution in [3.05, 3.63) is 72.6 Å². The number of methoxy groups -OCH3 is 1. The van der Waals surface area contributed by atoms with Gasteiger partial charge >= 0.3 is 0 Å². The molecule has 1 atom stereocenters. The number of fused-ring (bicyclic) bond motifs is 1. The van der Waals surface area contributed by atoms with Crippen LogP contribution in [0.25, 0.3) is 10.9 Å². The summed E-state index contributed by atoms with van der Waals surface area (Å²) in [6.45, 7) is 2.23. The summed E-state index contributed by atoms with van der Waals surface area (Å²) in [6.07, 6.45) is 6.12. The molecule has 4 rings (SSSR count). The Morgan fingerprint density at radius 2 is 2.03 bits per heavy atom. The first-order valence-electron chi connectivity index (χ1n) is 10.1. The third kappa shape index (κ3) is 5.22. The van der Waals surface area contributed by atoms with E-state index in [2.05, 4.69) is 25.5 Å². The van der Waals surface area contributed by atoms with Crippen molar-refractivity contribution in [2.24, 2.45) is 0 Å². The fraction of sp³-hybridized carbons (Fsp3) is 0.261. The van der Waals surface area contributed by atoms with Gasteiger partial charge in [-0.2, -0.15) is 0 Å². The third-order valence-corrected chi connectivity index (χ3v) is 5.29. The Labute approximate surface area is 179 Å². The number of rotatable bonds is 8. The van der Waals surface area contributed by atoms with Gasteiger partial charge in [0, 0.05) is 49.2 Å². The zero-order chi connectivity index (χ0) is 21.6. The normalized spacial score (nSPS) is 16.7. The quantitative estimate of drug-likeness (QED) is 0.543. The highest BCUT2D eigenvalue weighted by atomic mass is 19.1. The van der Waals surface area contributed by atoms with Crippen LogP contribution < -0.4 is 10.6 Å². The van der Waals surface area contributed by atoms with Gasteiger partial charge in [-0.25, -0.2) is 14.4 Å². The number of ether oxygens (including phenoxy) is 1. The Morgan fingerprint density at radius 3 is 2.77 bits per heavy atom. The Morgan fingerprint density at radius 1 is 1.23 bits per heavy atom. The lowest BCUT2D eigenvalue weighted by Gasteiger charge is -2.40. The van der Waals surface area contributed by atoms with Crippen molar-refractivity contribution in [3.8, 4) is 0 Å². The van der Waals surface area contributed by atoms with Crippen LogP contribution in [0.3, 0.4) is 0 Å². The van der Waals surface area contributed by atoms with Gasteiger partial charge in [0.25, 0.3) is 5.91 Å². The minimum Gasteiger partial charge on any atom is -0.383 e. The third-order valence-electron chi connectivity index (χ3n) is 5.29. The summed E-state index contributed by atoms with van der Waals surface area (Å²) in [5, 5.41) is 6.87. The van der Waals surface area contributed by atoms with Crippen molar-refractivity contribution in [3.63, 3.8) is 0 Å². The SMILES string of the molecule is COC[C@@H]1CCN1CC=C(Nc1ccc(F)cc1)C(=O)Nc1ccc2ncncc2c1. The van der Waals surface area contributed by atoms with Gasteiger partial charge in [-0.1, -0.05) is 0 Å². The van der Waals surface area contributed by atoms with Gasteiger partial charge in [-0.05, 0) is 55.0 Å². The Kier molecular flexibility index (Phi) is 6.49. The monoisotopic (exact) mass is 421 g/mol. The largest absolute Gasteiger partial charge is 0.383 e. The molecule has 3 aromatic rings. The van der Waals surface area contributed by atoms with Crippen molar-refractivity contribution >= 4 is 28.2 Å². The molecule has 0 radical (unpaired) electrons. The molecule has 1 amide bonds. The number of halogens is 1. The second-order valence-electron chi connectivity index (χ2n) is 7.39. The minimum atomic E-state index is -0.332. The number of nitrogens with zero attached hydrogens (tertiary/aromatic N) is 3. The van der Waals surface area contributed by atoms with E-state index in [0.717, 1.165) is 23.9 Å². The van der Waals surface area contributed by atoms with Crippen LogP contribution in [0.5, 0.6) is 0 Å². The van der Waals surface area contributed by atoms with Gasteiger partial charge in [0.1, 0.15) is 17.8 Å². The molecule has 8 heteroatoms. The van der Waals surface area contributed by atoms with Crippen molar-refractivity contribution in [2.75, 3.05) is 37.4 Å². The smallest absolute Gasteiger partial charge is 0.271 e. The fourth-order valence-corrected chi connectivity index (χ4v) is 3.47. The highest BCUT2D eigenvalue weighted by Crippen LogP contribution is 2.20. The molecule has 2 heterocycles. The number of benzene rings is 2. The first-order chi connectivity index (χ1) is 15.1. The molecule has 1 saturated heterocycles.